The number of hydrogen-bond acceptors (Lipinski definition) is 8. The van der Waals surface area contributed by atoms with Gasteiger partial charge >= 0.3 is 5.97 Å². The van der Waals surface area contributed by atoms with Gasteiger partial charge in [0.05, 0.1) is 22.6 Å². The first-order valence-corrected chi connectivity index (χ1v) is 10.1. The Balaban J connectivity index is 1.75. The van der Waals surface area contributed by atoms with Crippen molar-refractivity contribution in [3.05, 3.63) is 33.6 Å². The standard InChI is InChI=1S/C18H19FN6O4S/c1-7-6-29-16-13(21-3-4-30-18-22-8(2)23-24-18)11(19)12(20)10-14(16)25(7)5-9(15(10)26)17(27)28/h5,7,21H,3-4,6,20H2,1-2H3,(H,27,28)(H,22,23,24)/t7-/m0/s1. The summed E-state index contributed by atoms with van der Waals surface area (Å²) in [6.45, 7) is 4.14. The Kier molecular flexibility index (Phi) is 5.02. The van der Waals surface area contributed by atoms with E-state index in [0.29, 0.717) is 23.3 Å². The molecule has 0 unspecified atom stereocenters. The summed E-state index contributed by atoms with van der Waals surface area (Å²) in [6, 6.07) is -0.263. The van der Waals surface area contributed by atoms with E-state index in [1.807, 2.05) is 0 Å². The fourth-order valence-corrected chi connectivity index (χ4v) is 4.06. The normalized spacial score (nSPS) is 15.2. The van der Waals surface area contributed by atoms with Gasteiger partial charge in [-0.15, -0.1) is 5.10 Å². The number of aromatic amines is 1. The Hall–Kier alpha value is -3.28. The second kappa shape index (κ2) is 7.52. The molecule has 2 aromatic heterocycles. The first-order valence-electron chi connectivity index (χ1n) is 9.11. The Labute approximate surface area is 173 Å². The molecule has 10 nitrogen and oxygen atoms in total. The molecule has 0 spiro atoms. The average Bonchev–Trinajstić information content (AvgIpc) is 3.12. The highest BCUT2D eigenvalue weighted by molar-refractivity contribution is 7.99. The van der Waals surface area contributed by atoms with Gasteiger partial charge in [0.1, 0.15) is 23.7 Å². The van der Waals surface area contributed by atoms with Crippen molar-refractivity contribution in [3.63, 3.8) is 0 Å². The van der Waals surface area contributed by atoms with Crippen LogP contribution in [0.3, 0.4) is 0 Å². The molecule has 1 atom stereocenters. The second-order valence-corrected chi connectivity index (χ2v) is 7.94. The smallest absolute Gasteiger partial charge is 0.341 e. The van der Waals surface area contributed by atoms with Crippen LogP contribution in [0, 0.1) is 12.7 Å². The Bertz CT molecular complexity index is 1220. The number of halogens is 1. The minimum absolute atomic E-state index is 0.0369. The quantitative estimate of drug-likeness (QED) is 0.260. The molecule has 3 aromatic rings. The van der Waals surface area contributed by atoms with Crippen molar-refractivity contribution in [2.45, 2.75) is 25.0 Å². The number of carbonyl (C=O) groups is 1. The van der Waals surface area contributed by atoms with E-state index in [0.717, 1.165) is 0 Å². The van der Waals surface area contributed by atoms with Crippen molar-refractivity contribution in [2.75, 3.05) is 30.0 Å². The number of carboxylic acid groups (broad SMARTS) is 1. The number of ether oxygens (including phenoxy) is 1. The third kappa shape index (κ3) is 3.22. The lowest BCUT2D eigenvalue weighted by molar-refractivity contribution is 0.0694. The van der Waals surface area contributed by atoms with E-state index in [9.17, 15) is 14.7 Å². The van der Waals surface area contributed by atoms with Crippen LogP contribution in [0.1, 0.15) is 29.1 Å². The largest absolute Gasteiger partial charge is 0.487 e. The molecule has 1 aliphatic heterocycles. The number of thioether (sulfide) groups is 1. The van der Waals surface area contributed by atoms with Gasteiger partial charge < -0.3 is 25.5 Å². The Morgan fingerprint density at radius 1 is 1.57 bits per heavy atom. The molecule has 5 N–H and O–H groups in total. The predicted octanol–water partition coefficient (Wildman–Crippen LogP) is 2.01. The van der Waals surface area contributed by atoms with Crippen LogP contribution < -0.4 is 21.2 Å². The summed E-state index contributed by atoms with van der Waals surface area (Å²) in [5.74, 6) is -0.869. The molecule has 0 radical (unpaired) electrons. The number of aromatic nitrogens is 4. The number of benzene rings is 1. The van der Waals surface area contributed by atoms with Gasteiger partial charge in [0, 0.05) is 18.5 Å². The molecule has 0 saturated carbocycles. The lowest BCUT2D eigenvalue weighted by Crippen LogP contribution is -2.28. The number of nitrogen functional groups attached to an aromatic ring is 1. The zero-order chi connectivity index (χ0) is 21.6. The van der Waals surface area contributed by atoms with Gasteiger partial charge in [0.15, 0.2) is 11.6 Å². The monoisotopic (exact) mass is 434 g/mol. The van der Waals surface area contributed by atoms with Crippen molar-refractivity contribution in [1.82, 2.24) is 19.7 Å². The number of rotatable bonds is 6. The van der Waals surface area contributed by atoms with E-state index in [1.54, 1.807) is 18.4 Å². The summed E-state index contributed by atoms with van der Waals surface area (Å²) in [7, 11) is 0. The minimum Gasteiger partial charge on any atom is -0.487 e. The highest BCUT2D eigenvalue weighted by Gasteiger charge is 2.30. The zero-order valence-corrected chi connectivity index (χ0v) is 17.0. The molecule has 1 aliphatic rings. The van der Waals surface area contributed by atoms with Gasteiger partial charge in [0.2, 0.25) is 10.6 Å². The van der Waals surface area contributed by atoms with E-state index < -0.39 is 28.5 Å². The number of aromatic carboxylic acids is 1. The minimum atomic E-state index is -1.40. The van der Waals surface area contributed by atoms with Crippen LogP contribution in [0.4, 0.5) is 15.8 Å². The SMILES string of the molecule is Cc1nc(SCCNc2c(F)c(N)c3c(=O)c(C(=O)O)cn4c3c2OC[C@@H]4C)n[nH]1. The van der Waals surface area contributed by atoms with Crippen LogP contribution in [0.5, 0.6) is 5.75 Å². The summed E-state index contributed by atoms with van der Waals surface area (Å²) >= 11 is 1.38. The summed E-state index contributed by atoms with van der Waals surface area (Å²) in [6.07, 6.45) is 1.26. The number of carboxylic acids is 1. The fourth-order valence-electron chi connectivity index (χ4n) is 3.36. The molecule has 4 rings (SSSR count). The van der Waals surface area contributed by atoms with Crippen molar-refractivity contribution in [1.29, 1.82) is 0 Å². The summed E-state index contributed by atoms with van der Waals surface area (Å²) in [5.41, 5.74) is 4.54. The molecule has 3 heterocycles. The van der Waals surface area contributed by atoms with E-state index in [1.165, 1.54) is 18.0 Å². The van der Waals surface area contributed by atoms with Gasteiger partial charge in [-0.1, -0.05) is 11.8 Å². The van der Waals surface area contributed by atoms with Crippen LogP contribution in [0.2, 0.25) is 0 Å². The maximum Gasteiger partial charge on any atom is 0.341 e. The van der Waals surface area contributed by atoms with E-state index in [-0.39, 0.29) is 35.0 Å². The van der Waals surface area contributed by atoms with Crippen LogP contribution in [0.15, 0.2) is 16.1 Å². The molecule has 12 heteroatoms. The van der Waals surface area contributed by atoms with Crippen molar-refractivity contribution >= 4 is 40.0 Å². The van der Waals surface area contributed by atoms with Crippen LogP contribution >= 0.6 is 11.8 Å². The van der Waals surface area contributed by atoms with Crippen molar-refractivity contribution in [2.24, 2.45) is 0 Å². The third-order valence-electron chi connectivity index (χ3n) is 4.79. The topological polar surface area (TPSA) is 148 Å². The van der Waals surface area contributed by atoms with E-state index in [4.69, 9.17) is 10.5 Å². The molecule has 158 valence electrons. The predicted molar refractivity (Wildman–Crippen MR) is 110 cm³/mol. The third-order valence-corrected chi connectivity index (χ3v) is 5.64. The number of nitrogens with zero attached hydrogens (tertiary/aromatic N) is 3. The molecule has 30 heavy (non-hydrogen) atoms. The number of anilines is 2. The molecule has 0 amide bonds. The molecule has 0 bridgehead atoms. The highest BCUT2D eigenvalue weighted by Crippen LogP contribution is 2.43. The lowest BCUT2D eigenvalue weighted by atomic mass is 10.0. The lowest BCUT2D eigenvalue weighted by Gasteiger charge is -2.29. The fraction of sp³-hybridized carbons (Fsp3) is 0.333. The second-order valence-electron chi connectivity index (χ2n) is 6.88. The van der Waals surface area contributed by atoms with E-state index >= 15 is 4.39 Å². The van der Waals surface area contributed by atoms with Crippen LogP contribution in [-0.4, -0.2) is 49.7 Å². The van der Waals surface area contributed by atoms with Gasteiger partial charge in [-0.05, 0) is 13.8 Å². The summed E-state index contributed by atoms with van der Waals surface area (Å²) in [4.78, 5) is 28.4. The number of H-pyrrole nitrogens is 1. The van der Waals surface area contributed by atoms with E-state index in [2.05, 4.69) is 20.5 Å². The maximum atomic E-state index is 15.1. The Morgan fingerprint density at radius 3 is 3.00 bits per heavy atom. The molecule has 0 saturated heterocycles. The maximum absolute atomic E-state index is 15.1. The number of aryl methyl sites for hydroxylation is 1. The number of nitrogens with one attached hydrogen (secondary N) is 2. The van der Waals surface area contributed by atoms with Crippen LogP contribution in [-0.2, 0) is 0 Å². The van der Waals surface area contributed by atoms with Crippen molar-refractivity contribution < 1.29 is 19.0 Å². The summed E-state index contributed by atoms with van der Waals surface area (Å²) in [5, 5.41) is 19.5. The molecule has 1 aromatic carbocycles. The van der Waals surface area contributed by atoms with Crippen LogP contribution in [0.25, 0.3) is 10.9 Å². The Morgan fingerprint density at radius 2 is 2.33 bits per heavy atom. The van der Waals surface area contributed by atoms with Gasteiger partial charge in [-0.3, -0.25) is 9.89 Å². The van der Waals surface area contributed by atoms with Gasteiger partial charge in [-0.2, -0.15) is 0 Å². The molecular formula is C18H19FN6O4S. The van der Waals surface area contributed by atoms with Gasteiger partial charge in [-0.25, -0.2) is 14.2 Å². The van der Waals surface area contributed by atoms with Gasteiger partial charge in [0.25, 0.3) is 0 Å². The first kappa shape index (κ1) is 20.0. The summed E-state index contributed by atoms with van der Waals surface area (Å²) < 4.78 is 22.4. The number of hydrogen-bond donors (Lipinski definition) is 4. The zero-order valence-electron chi connectivity index (χ0n) is 16.2. The molecular weight excluding hydrogens is 415 g/mol. The first-order chi connectivity index (χ1) is 14.3. The number of nitrogens with two attached hydrogens (primary N) is 1. The average molecular weight is 434 g/mol. The number of pyridine rings is 1. The molecule has 0 aliphatic carbocycles. The molecule has 0 fully saturated rings. The van der Waals surface area contributed by atoms with Crippen molar-refractivity contribution in [3.8, 4) is 5.75 Å². The highest BCUT2D eigenvalue weighted by atomic mass is 32.2.